The van der Waals surface area contributed by atoms with Crippen molar-refractivity contribution in [3.63, 3.8) is 0 Å². The molecule has 2 aromatic carbocycles. The van der Waals surface area contributed by atoms with Gasteiger partial charge in [0.25, 0.3) is 5.91 Å². The average molecular weight is 399 g/mol. The van der Waals surface area contributed by atoms with Crippen molar-refractivity contribution < 1.29 is 17.6 Å². The molecule has 1 amide bonds. The van der Waals surface area contributed by atoms with Crippen molar-refractivity contribution in [1.82, 2.24) is 10.2 Å². The summed E-state index contributed by atoms with van der Waals surface area (Å²) in [5, 5.41) is 2.89. The first-order valence-corrected chi connectivity index (χ1v) is 10.1. The Morgan fingerprint density at radius 1 is 1.23 bits per heavy atom. The second kappa shape index (κ2) is 8.16. The number of carbonyl (C=O) groups excluding carboxylic acids is 1. The Hall–Kier alpha value is -1.96. The minimum atomic E-state index is -3.46. The molecule has 0 radical (unpaired) electrons. The summed E-state index contributed by atoms with van der Waals surface area (Å²) in [7, 11) is 0.180. The number of nitrogens with one attached hydrogen (secondary N) is 1. The van der Waals surface area contributed by atoms with E-state index >= 15 is 0 Å². The zero-order valence-electron chi connectivity index (χ0n) is 14.7. The topological polar surface area (TPSA) is 66.5 Å². The van der Waals surface area contributed by atoms with E-state index in [0.29, 0.717) is 5.56 Å². The first-order valence-electron chi connectivity index (χ1n) is 7.79. The van der Waals surface area contributed by atoms with Gasteiger partial charge in [0.05, 0.1) is 21.5 Å². The summed E-state index contributed by atoms with van der Waals surface area (Å²) in [6.45, 7) is 0.203. The summed E-state index contributed by atoms with van der Waals surface area (Å²) >= 11 is 6.04. The molecule has 0 aliphatic rings. The number of likely N-dealkylation sites (N-methyl/N-ethyl adjacent to an activating group) is 1. The fourth-order valence-corrected chi connectivity index (χ4v) is 3.36. The van der Waals surface area contributed by atoms with Crippen molar-refractivity contribution in [2.24, 2.45) is 0 Å². The molecule has 5 nitrogen and oxygen atoms in total. The second-order valence-corrected chi connectivity index (χ2v) is 8.58. The largest absolute Gasteiger partial charge is 0.350 e. The van der Waals surface area contributed by atoms with Gasteiger partial charge < -0.3 is 10.2 Å². The van der Waals surface area contributed by atoms with Crippen LogP contribution in [0, 0.1) is 5.82 Å². The minimum absolute atomic E-state index is 0.0151. The van der Waals surface area contributed by atoms with Gasteiger partial charge in [0.1, 0.15) is 5.82 Å². The van der Waals surface area contributed by atoms with Crippen molar-refractivity contribution in [1.29, 1.82) is 0 Å². The molecule has 0 fully saturated rings. The highest BCUT2D eigenvalue weighted by molar-refractivity contribution is 7.90. The predicted molar refractivity (Wildman–Crippen MR) is 99.7 cm³/mol. The third-order valence-electron chi connectivity index (χ3n) is 3.92. The van der Waals surface area contributed by atoms with E-state index in [-0.39, 0.29) is 33.9 Å². The lowest BCUT2D eigenvalue weighted by Crippen LogP contribution is -2.34. The number of hydrogen-bond donors (Lipinski definition) is 1. The van der Waals surface area contributed by atoms with E-state index in [4.69, 9.17) is 11.6 Å². The highest BCUT2D eigenvalue weighted by Gasteiger charge is 2.19. The maximum absolute atomic E-state index is 13.5. The van der Waals surface area contributed by atoms with Crippen LogP contribution in [0.1, 0.15) is 22.0 Å². The SMILES string of the molecule is CN(C)C(CNC(=O)c1cc(S(C)(=O)=O)ccc1Cl)c1cccc(F)c1. The van der Waals surface area contributed by atoms with Crippen LogP contribution < -0.4 is 5.32 Å². The monoisotopic (exact) mass is 398 g/mol. The summed E-state index contributed by atoms with van der Waals surface area (Å²) < 4.78 is 36.8. The van der Waals surface area contributed by atoms with Gasteiger partial charge in [-0.2, -0.15) is 0 Å². The van der Waals surface area contributed by atoms with E-state index < -0.39 is 15.7 Å². The fourth-order valence-electron chi connectivity index (χ4n) is 2.51. The molecular formula is C18H20ClFN2O3S. The molecule has 1 N–H and O–H groups in total. The molecule has 2 aromatic rings. The minimum Gasteiger partial charge on any atom is -0.350 e. The average Bonchev–Trinajstić information content (AvgIpc) is 2.54. The number of carbonyl (C=O) groups is 1. The number of hydrogen-bond acceptors (Lipinski definition) is 4. The Morgan fingerprint density at radius 2 is 1.92 bits per heavy atom. The Kier molecular flexibility index (Phi) is 6.39. The van der Waals surface area contributed by atoms with E-state index in [9.17, 15) is 17.6 Å². The molecular weight excluding hydrogens is 379 g/mol. The Balaban J connectivity index is 2.21. The number of sulfone groups is 1. The lowest BCUT2D eigenvalue weighted by atomic mass is 10.1. The molecule has 2 rings (SSSR count). The first-order chi connectivity index (χ1) is 12.1. The molecule has 0 spiro atoms. The molecule has 0 aromatic heterocycles. The summed E-state index contributed by atoms with van der Waals surface area (Å²) in [4.78, 5) is 14.4. The van der Waals surface area contributed by atoms with Crippen molar-refractivity contribution in [2.45, 2.75) is 10.9 Å². The third-order valence-corrected chi connectivity index (χ3v) is 5.36. The molecule has 26 heavy (non-hydrogen) atoms. The number of rotatable bonds is 6. The lowest BCUT2D eigenvalue weighted by Gasteiger charge is -2.25. The molecule has 0 aliphatic heterocycles. The van der Waals surface area contributed by atoms with Gasteiger partial charge in [-0.3, -0.25) is 4.79 Å². The highest BCUT2D eigenvalue weighted by atomic mass is 35.5. The Bertz CT molecular complexity index is 916. The van der Waals surface area contributed by atoms with Gasteiger partial charge >= 0.3 is 0 Å². The third kappa shape index (κ3) is 5.03. The van der Waals surface area contributed by atoms with Gasteiger partial charge in [0.15, 0.2) is 9.84 Å². The van der Waals surface area contributed by atoms with Crippen LogP contribution in [-0.4, -0.2) is 46.1 Å². The normalized spacial score (nSPS) is 12.8. The van der Waals surface area contributed by atoms with Crippen LogP contribution in [-0.2, 0) is 9.84 Å². The highest BCUT2D eigenvalue weighted by Crippen LogP contribution is 2.22. The van der Waals surface area contributed by atoms with Crippen LogP contribution in [0.3, 0.4) is 0 Å². The van der Waals surface area contributed by atoms with Gasteiger partial charge in [-0.15, -0.1) is 0 Å². The summed E-state index contributed by atoms with van der Waals surface area (Å²) in [6, 6.07) is 9.87. The van der Waals surface area contributed by atoms with E-state index in [2.05, 4.69) is 5.32 Å². The lowest BCUT2D eigenvalue weighted by molar-refractivity contribution is 0.0942. The number of halogens is 2. The van der Waals surface area contributed by atoms with Crippen LogP contribution in [0.5, 0.6) is 0 Å². The number of nitrogens with zero attached hydrogens (tertiary/aromatic N) is 1. The summed E-state index contributed by atoms with van der Waals surface area (Å²) in [6.07, 6.45) is 1.06. The molecule has 1 unspecified atom stereocenters. The van der Waals surface area contributed by atoms with Crippen LogP contribution >= 0.6 is 11.6 Å². The van der Waals surface area contributed by atoms with Crippen molar-refractivity contribution >= 4 is 27.3 Å². The molecule has 140 valence electrons. The van der Waals surface area contributed by atoms with E-state index in [0.717, 1.165) is 6.26 Å². The van der Waals surface area contributed by atoms with Crippen LogP contribution in [0.25, 0.3) is 0 Å². The second-order valence-electron chi connectivity index (χ2n) is 6.16. The maximum atomic E-state index is 13.5. The Morgan fingerprint density at radius 3 is 2.50 bits per heavy atom. The standard InChI is InChI=1S/C18H20ClFN2O3S/c1-22(2)17(12-5-4-6-13(20)9-12)11-21-18(23)15-10-14(26(3,24)25)7-8-16(15)19/h4-10,17H,11H2,1-3H3,(H,21,23). The molecule has 0 bridgehead atoms. The van der Waals surface area contributed by atoms with Crippen LogP contribution in [0.15, 0.2) is 47.4 Å². The molecule has 8 heteroatoms. The van der Waals surface area contributed by atoms with Gasteiger partial charge in [-0.25, -0.2) is 12.8 Å². The molecule has 0 heterocycles. The quantitative estimate of drug-likeness (QED) is 0.812. The van der Waals surface area contributed by atoms with Crippen LogP contribution in [0.2, 0.25) is 5.02 Å². The van der Waals surface area contributed by atoms with Crippen molar-refractivity contribution in [3.05, 3.63) is 64.4 Å². The summed E-state index contributed by atoms with van der Waals surface area (Å²) in [5.74, 6) is -0.853. The fraction of sp³-hybridized carbons (Fsp3) is 0.278. The van der Waals surface area contributed by atoms with Crippen LogP contribution in [0.4, 0.5) is 4.39 Å². The zero-order chi connectivity index (χ0) is 19.5. The maximum Gasteiger partial charge on any atom is 0.252 e. The number of amides is 1. The van der Waals surface area contributed by atoms with Gasteiger partial charge in [-0.05, 0) is 50.0 Å². The van der Waals surface area contributed by atoms with Crippen molar-refractivity contribution in [3.8, 4) is 0 Å². The first kappa shape index (κ1) is 20.4. The van der Waals surface area contributed by atoms with Gasteiger partial charge in [0.2, 0.25) is 0 Å². The molecule has 0 saturated heterocycles. The van der Waals surface area contributed by atoms with E-state index in [1.807, 2.05) is 19.0 Å². The Labute approximate surface area is 157 Å². The predicted octanol–water partition coefficient (Wildman–Crippen LogP) is 2.92. The number of benzene rings is 2. The van der Waals surface area contributed by atoms with Crippen molar-refractivity contribution in [2.75, 3.05) is 26.9 Å². The van der Waals surface area contributed by atoms with Gasteiger partial charge in [-0.1, -0.05) is 23.7 Å². The smallest absolute Gasteiger partial charge is 0.252 e. The molecule has 0 aliphatic carbocycles. The summed E-state index contributed by atoms with van der Waals surface area (Å²) in [5.41, 5.74) is 0.789. The van der Waals surface area contributed by atoms with Gasteiger partial charge in [0, 0.05) is 12.8 Å². The molecule has 0 saturated carbocycles. The zero-order valence-corrected chi connectivity index (χ0v) is 16.2. The molecule has 1 atom stereocenters. The van der Waals surface area contributed by atoms with E-state index in [1.54, 1.807) is 12.1 Å². The van der Waals surface area contributed by atoms with E-state index in [1.165, 1.54) is 30.3 Å².